The fourth-order valence-corrected chi connectivity index (χ4v) is 4.53. The molecular weight excluding hydrogens is 410 g/mol. The maximum absolute atomic E-state index is 12.4. The second-order valence-corrected chi connectivity index (χ2v) is 9.92. The minimum Gasteiger partial charge on any atom is -0.377 e. The van der Waals surface area contributed by atoms with Crippen LogP contribution >= 0.6 is 0 Å². The third-order valence-electron chi connectivity index (χ3n) is 5.42. The predicted octanol–water partition coefficient (Wildman–Crippen LogP) is 1.25. The molecule has 0 radical (unpaired) electrons. The number of piperidine rings is 1. The highest BCUT2D eigenvalue weighted by Gasteiger charge is 2.35. The number of carbonyl (C=O) groups is 1. The summed E-state index contributed by atoms with van der Waals surface area (Å²) in [4.78, 5) is 26.7. The molecule has 1 heterocycles. The number of likely N-dealkylation sites (tertiary alicyclic amines) is 1. The Labute approximate surface area is 176 Å². The Bertz CT molecular complexity index is 893. The van der Waals surface area contributed by atoms with Gasteiger partial charge in [-0.15, -0.1) is 0 Å². The van der Waals surface area contributed by atoms with E-state index < -0.39 is 14.9 Å². The highest BCUT2D eigenvalue weighted by Crippen LogP contribution is 2.33. The standard InChI is InChI=1S/C19H29N5O5S/c1-22(2)12-9-20-30(28,29)16-5-6-17(18(13-16)24(26)27)21-15-7-10-23(11-8-15)19(25)14-3-4-14/h5-6,13-15,20-21H,3-4,7-12H2,1-2H3. The Morgan fingerprint density at radius 1 is 1.23 bits per heavy atom. The first-order valence-electron chi connectivity index (χ1n) is 10.2. The molecule has 0 atom stereocenters. The largest absolute Gasteiger partial charge is 0.377 e. The van der Waals surface area contributed by atoms with E-state index in [2.05, 4.69) is 10.0 Å². The van der Waals surface area contributed by atoms with Crippen molar-refractivity contribution in [1.82, 2.24) is 14.5 Å². The molecule has 1 aliphatic heterocycles. The molecule has 1 saturated heterocycles. The minimum atomic E-state index is -3.83. The maximum Gasteiger partial charge on any atom is 0.293 e. The van der Waals surface area contributed by atoms with Gasteiger partial charge in [0, 0.05) is 44.2 Å². The van der Waals surface area contributed by atoms with E-state index in [-0.39, 0.29) is 35.0 Å². The van der Waals surface area contributed by atoms with Crippen LogP contribution in [0.4, 0.5) is 11.4 Å². The molecule has 30 heavy (non-hydrogen) atoms. The Hall–Kier alpha value is -2.24. The van der Waals surface area contributed by atoms with Gasteiger partial charge in [0.05, 0.1) is 9.82 Å². The number of hydrogen-bond donors (Lipinski definition) is 2. The van der Waals surface area contributed by atoms with Gasteiger partial charge in [-0.1, -0.05) is 0 Å². The summed E-state index contributed by atoms with van der Waals surface area (Å²) in [6.07, 6.45) is 3.34. The van der Waals surface area contributed by atoms with E-state index in [1.165, 1.54) is 12.1 Å². The van der Waals surface area contributed by atoms with Crippen molar-refractivity contribution in [1.29, 1.82) is 0 Å². The van der Waals surface area contributed by atoms with Gasteiger partial charge in [0.15, 0.2) is 0 Å². The summed E-state index contributed by atoms with van der Waals surface area (Å²) in [5, 5.41) is 14.7. The van der Waals surface area contributed by atoms with Gasteiger partial charge in [-0.2, -0.15) is 0 Å². The number of carbonyl (C=O) groups excluding carboxylic acids is 1. The first-order valence-corrected chi connectivity index (χ1v) is 11.6. The SMILES string of the molecule is CN(C)CCNS(=O)(=O)c1ccc(NC2CCN(C(=O)C3CC3)CC2)c([N+](=O)[O-])c1. The van der Waals surface area contributed by atoms with Crippen molar-refractivity contribution in [2.45, 2.75) is 36.6 Å². The number of nitro groups is 1. The first-order chi connectivity index (χ1) is 14.2. The van der Waals surface area contributed by atoms with Crippen LogP contribution < -0.4 is 10.0 Å². The topological polar surface area (TPSA) is 125 Å². The van der Waals surface area contributed by atoms with Gasteiger partial charge < -0.3 is 15.1 Å². The van der Waals surface area contributed by atoms with E-state index in [4.69, 9.17) is 0 Å². The number of sulfonamides is 1. The van der Waals surface area contributed by atoms with E-state index in [1.807, 2.05) is 23.9 Å². The number of nitrogens with zero attached hydrogens (tertiary/aromatic N) is 3. The number of nitro benzene ring substituents is 1. The predicted molar refractivity (Wildman–Crippen MR) is 113 cm³/mol. The van der Waals surface area contributed by atoms with Crippen molar-refractivity contribution in [3.8, 4) is 0 Å². The van der Waals surface area contributed by atoms with E-state index in [0.717, 1.165) is 18.9 Å². The lowest BCUT2D eigenvalue weighted by molar-refractivity contribution is -0.384. The van der Waals surface area contributed by atoms with Crippen molar-refractivity contribution < 1.29 is 18.1 Å². The summed E-state index contributed by atoms with van der Waals surface area (Å²) in [5.74, 6) is 0.409. The van der Waals surface area contributed by atoms with Crippen molar-refractivity contribution in [2.75, 3.05) is 45.6 Å². The fourth-order valence-electron chi connectivity index (χ4n) is 3.49. The summed E-state index contributed by atoms with van der Waals surface area (Å²) >= 11 is 0. The summed E-state index contributed by atoms with van der Waals surface area (Å²) in [6.45, 7) is 1.98. The lowest BCUT2D eigenvalue weighted by Crippen LogP contribution is -2.43. The zero-order valence-corrected chi connectivity index (χ0v) is 18.2. The maximum atomic E-state index is 12.4. The zero-order valence-electron chi connectivity index (χ0n) is 17.3. The Morgan fingerprint density at radius 3 is 2.47 bits per heavy atom. The third kappa shape index (κ3) is 5.67. The lowest BCUT2D eigenvalue weighted by atomic mass is 10.0. The van der Waals surface area contributed by atoms with Gasteiger partial charge >= 0.3 is 0 Å². The molecule has 10 nitrogen and oxygen atoms in total. The van der Waals surface area contributed by atoms with Crippen LogP contribution in [0.1, 0.15) is 25.7 Å². The van der Waals surface area contributed by atoms with Gasteiger partial charge in [-0.3, -0.25) is 14.9 Å². The molecule has 1 aromatic rings. The van der Waals surface area contributed by atoms with Crippen LogP contribution in [0.3, 0.4) is 0 Å². The van der Waals surface area contributed by atoms with Gasteiger partial charge in [-0.25, -0.2) is 13.1 Å². The number of anilines is 1. The van der Waals surface area contributed by atoms with Gasteiger partial charge in [0.2, 0.25) is 15.9 Å². The molecule has 2 N–H and O–H groups in total. The van der Waals surface area contributed by atoms with E-state index in [9.17, 15) is 23.3 Å². The molecular formula is C19H29N5O5S. The molecule has 0 aromatic heterocycles. The Kier molecular flexibility index (Phi) is 6.94. The van der Waals surface area contributed by atoms with Crippen LogP contribution in [0.2, 0.25) is 0 Å². The molecule has 1 amide bonds. The fraction of sp³-hybridized carbons (Fsp3) is 0.632. The monoisotopic (exact) mass is 439 g/mol. The Balaban J connectivity index is 1.65. The molecule has 2 aliphatic rings. The van der Waals surface area contributed by atoms with Crippen LogP contribution in [0.15, 0.2) is 23.1 Å². The van der Waals surface area contributed by atoms with Gasteiger partial charge in [-0.05, 0) is 51.9 Å². The number of hydrogen-bond acceptors (Lipinski definition) is 7. The average Bonchev–Trinajstić information content (AvgIpc) is 3.53. The molecule has 1 aromatic carbocycles. The first kappa shape index (κ1) is 22.4. The van der Waals surface area contributed by atoms with Crippen LogP contribution in [0.25, 0.3) is 0 Å². The van der Waals surface area contributed by atoms with Gasteiger partial charge in [0.25, 0.3) is 5.69 Å². The molecule has 3 rings (SSSR count). The molecule has 0 spiro atoms. The van der Waals surface area contributed by atoms with Crippen molar-refractivity contribution in [2.24, 2.45) is 5.92 Å². The van der Waals surface area contributed by atoms with E-state index >= 15 is 0 Å². The molecule has 2 fully saturated rings. The number of benzene rings is 1. The quantitative estimate of drug-likeness (QED) is 0.438. The summed E-state index contributed by atoms with van der Waals surface area (Å²) in [6, 6.07) is 3.90. The van der Waals surface area contributed by atoms with Crippen LogP contribution in [-0.4, -0.2) is 75.4 Å². The smallest absolute Gasteiger partial charge is 0.293 e. The molecule has 11 heteroatoms. The molecule has 0 bridgehead atoms. The van der Waals surface area contributed by atoms with Crippen molar-refractivity contribution in [3.05, 3.63) is 28.3 Å². The summed E-state index contributed by atoms with van der Waals surface area (Å²) in [5.41, 5.74) is 0.0150. The molecule has 1 saturated carbocycles. The van der Waals surface area contributed by atoms with E-state index in [1.54, 1.807) is 0 Å². The Morgan fingerprint density at radius 2 is 1.90 bits per heavy atom. The number of rotatable bonds is 9. The molecule has 0 unspecified atom stereocenters. The van der Waals surface area contributed by atoms with E-state index in [0.29, 0.717) is 38.2 Å². The molecule has 166 valence electrons. The third-order valence-corrected chi connectivity index (χ3v) is 6.88. The second kappa shape index (κ2) is 9.27. The minimum absolute atomic E-state index is 0.00683. The molecule has 1 aliphatic carbocycles. The summed E-state index contributed by atoms with van der Waals surface area (Å²) in [7, 11) is -0.183. The van der Waals surface area contributed by atoms with Crippen LogP contribution in [0, 0.1) is 16.0 Å². The highest BCUT2D eigenvalue weighted by atomic mass is 32.2. The van der Waals surface area contributed by atoms with Crippen LogP contribution in [-0.2, 0) is 14.8 Å². The lowest BCUT2D eigenvalue weighted by Gasteiger charge is -2.33. The average molecular weight is 440 g/mol. The number of likely N-dealkylation sites (N-methyl/N-ethyl adjacent to an activating group) is 1. The van der Waals surface area contributed by atoms with Crippen molar-refractivity contribution in [3.63, 3.8) is 0 Å². The number of amides is 1. The van der Waals surface area contributed by atoms with Crippen LogP contribution in [0.5, 0.6) is 0 Å². The van der Waals surface area contributed by atoms with Gasteiger partial charge in [0.1, 0.15) is 5.69 Å². The normalized spacial score (nSPS) is 17.9. The highest BCUT2D eigenvalue weighted by molar-refractivity contribution is 7.89. The summed E-state index contributed by atoms with van der Waals surface area (Å²) < 4.78 is 27.3. The second-order valence-electron chi connectivity index (χ2n) is 8.16. The van der Waals surface area contributed by atoms with Crippen molar-refractivity contribution >= 4 is 27.3 Å². The number of nitrogens with one attached hydrogen (secondary N) is 2. The zero-order chi connectivity index (χ0) is 21.9.